The lowest BCUT2D eigenvalue weighted by atomic mass is 10.2. The first-order chi connectivity index (χ1) is 8.78. The Hall–Kier alpha value is -2.15. The quantitative estimate of drug-likeness (QED) is 0.779. The molecule has 18 heavy (non-hydrogen) atoms. The number of nitrogens with one attached hydrogen (secondary N) is 2. The molecular weight excluding hydrogens is 226 g/mol. The van der Waals surface area contributed by atoms with E-state index in [0.717, 1.165) is 24.8 Å². The van der Waals surface area contributed by atoms with Gasteiger partial charge in [0.1, 0.15) is 12.4 Å². The predicted octanol–water partition coefficient (Wildman–Crippen LogP) is 1.14. The average Bonchev–Trinajstić information content (AvgIpc) is 2.81. The summed E-state index contributed by atoms with van der Waals surface area (Å²) in [5, 5.41) is 6.51. The molecule has 4 heteroatoms. The molecule has 1 aromatic rings. The third-order valence-corrected chi connectivity index (χ3v) is 2.61. The summed E-state index contributed by atoms with van der Waals surface area (Å²) in [6, 6.07) is 8.28. The molecule has 0 bridgehead atoms. The number of terminal acetylenes is 1. The molecule has 0 spiro atoms. The van der Waals surface area contributed by atoms with Crippen molar-refractivity contribution in [3.63, 3.8) is 0 Å². The van der Waals surface area contributed by atoms with Gasteiger partial charge < -0.3 is 15.4 Å². The topological polar surface area (TPSA) is 45.6 Å². The maximum atomic E-state index is 5.31. The zero-order chi connectivity index (χ0) is 12.8. The van der Waals surface area contributed by atoms with E-state index >= 15 is 0 Å². The Kier molecular flexibility index (Phi) is 4.08. The minimum Gasteiger partial charge on any atom is -0.481 e. The van der Waals surface area contributed by atoms with Crippen molar-refractivity contribution in [2.45, 2.75) is 19.5 Å². The van der Waals surface area contributed by atoms with Gasteiger partial charge in [0.25, 0.3) is 0 Å². The van der Waals surface area contributed by atoms with E-state index in [2.05, 4.69) is 28.5 Å². The smallest absolute Gasteiger partial charge is 0.191 e. The molecule has 1 aromatic carbocycles. The van der Waals surface area contributed by atoms with Crippen LogP contribution in [0.1, 0.15) is 12.5 Å². The van der Waals surface area contributed by atoms with E-state index in [1.165, 1.54) is 5.56 Å². The van der Waals surface area contributed by atoms with Crippen molar-refractivity contribution in [1.82, 2.24) is 10.6 Å². The highest BCUT2D eigenvalue weighted by Crippen LogP contribution is 2.11. The van der Waals surface area contributed by atoms with Gasteiger partial charge in [0.2, 0.25) is 0 Å². The van der Waals surface area contributed by atoms with Crippen molar-refractivity contribution in [2.24, 2.45) is 4.99 Å². The maximum absolute atomic E-state index is 5.31. The molecule has 4 nitrogen and oxygen atoms in total. The second-order valence-corrected chi connectivity index (χ2v) is 4.22. The average molecular weight is 243 g/mol. The first kappa shape index (κ1) is 12.3. The highest BCUT2D eigenvalue weighted by molar-refractivity contribution is 5.81. The molecule has 0 saturated carbocycles. The van der Waals surface area contributed by atoms with Gasteiger partial charge in [0.15, 0.2) is 5.96 Å². The first-order valence-corrected chi connectivity index (χ1v) is 5.98. The number of hydrogen-bond donors (Lipinski definition) is 2. The maximum Gasteiger partial charge on any atom is 0.191 e. The van der Waals surface area contributed by atoms with Crippen LogP contribution in [0.2, 0.25) is 0 Å². The van der Waals surface area contributed by atoms with Crippen molar-refractivity contribution in [2.75, 3.05) is 13.2 Å². The summed E-state index contributed by atoms with van der Waals surface area (Å²) in [6.45, 7) is 3.99. The summed E-state index contributed by atoms with van der Waals surface area (Å²) in [4.78, 5) is 4.34. The van der Waals surface area contributed by atoms with Crippen LogP contribution in [0.25, 0.3) is 0 Å². The van der Waals surface area contributed by atoms with Crippen LogP contribution in [0.3, 0.4) is 0 Å². The Labute approximate surface area is 107 Å². The summed E-state index contributed by atoms with van der Waals surface area (Å²) in [6.07, 6.45) is 5.13. The summed E-state index contributed by atoms with van der Waals surface area (Å²) in [7, 11) is 0. The molecular formula is C14H17N3O. The Balaban J connectivity index is 1.81. The van der Waals surface area contributed by atoms with Crippen molar-refractivity contribution in [1.29, 1.82) is 0 Å². The van der Waals surface area contributed by atoms with Crippen LogP contribution in [0.15, 0.2) is 29.3 Å². The fourth-order valence-corrected chi connectivity index (χ4v) is 1.67. The van der Waals surface area contributed by atoms with Crippen molar-refractivity contribution >= 4 is 5.96 Å². The first-order valence-electron chi connectivity index (χ1n) is 5.98. The molecule has 94 valence electrons. The van der Waals surface area contributed by atoms with Crippen LogP contribution >= 0.6 is 0 Å². The normalized spacial score (nSPS) is 17.6. The van der Waals surface area contributed by atoms with E-state index in [1.54, 1.807) is 0 Å². The van der Waals surface area contributed by atoms with Gasteiger partial charge in [0, 0.05) is 12.6 Å². The van der Waals surface area contributed by atoms with E-state index in [-0.39, 0.29) is 0 Å². The van der Waals surface area contributed by atoms with Crippen molar-refractivity contribution in [3.05, 3.63) is 29.8 Å². The Morgan fingerprint density at radius 1 is 1.50 bits per heavy atom. The van der Waals surface area contributed by atoms with Crippen molar-refractivity contribution in [3.8, 4) is 18.1 Å². The number of benzene rings is 1. The van der Waals surface area contributed by atoms with Crippen LogP contribution in [-0.2, 0) is 6.54 Å². The van der Waals surface area contributed by atoms with E-state index in [1.807, 2.05) is 24.3 Å². The molecule has 0 aromatic heterocycles. The molecule has 0 aliphatic carbocycles. The molecule has 1 unspecified atom stereocenters. The third-order valence-electron chi connectivity index (χ3n) is 2.61. The van der Waals surface area contributed by atoms with Crippen LogP contribution in [0, 0.1) is 12.3 Å². The predicted molar refractivity (Wildman–Crippen MR) is 72.5 cm³/mol. The minimum atomic E-state index is 0.302. The lowest BCUT2D eigenvalue weighted by Crippen LogP contribution is -2.37. The number of ether oxygens (including phenoxy) is 1. The summed E-state index contributed by atoms with van der Waals surface area (Å²) in [5.74, 6) is 4.10. The number of rotatable bonds is 4. The number of aliphatic imine (C=N–C) groups is 1. The van der Waals surface area contributed by atoms with Gasteiger partial charge in [-0.25, -0.2) is 0 Å². The lowest BCUT2D eigenvalue weighted by Gasteiger charge is -2.09. The monoisotopic (exact) mass is 243 g/mol. The van der Waals surface area contributed by atoms with Gasteiger partial charge in [-0.05, 0) is 24.6 Å². The summed E-state index contributed by atoms with van der Waals surface area (Å²) < 4.78 is 5.31. The zero-order valence-corrected chi connectivity index (χ0v) is 10.4. The minimum absolute atomic E-state index is 0.302. The number of hydrogen-bond acceptors (Lipinski definition) is 4. The fourth-order valence-electron chi connectivity index (χ4n) is 1.67. The molecule has 2 N–H and O–H groups in total. The standard InChI is InChI=1S/C14H17N3O/c1-3-8-18-13-6-4-12(5-7-13)10-16-14-15-9-11(2)17-14/h1,4-7,11H,8-10H2,2H3,(H2,15,16,17). The second kappa shape index (κ2) is 5.97. The molecule has 1 aliphatic heterocycles. The lowest BCUT2D eigenvalue weighted by molar-refractivity contribution is 0.370. The van der Waals surface area contributed by atoms with E-state index in [0.29, 0.717) is 12.6 Å². The number of guanidine groups is 1. The molecule has 1 atom stereocenters. The van der Waals surface area contributed by atoms with Gasteiger partial charge in [0.05, 0.1) is 6.54 Å². The van der Waals surface area contributed by atoms with Gasteiger partial charge in [-0.3, -0.25) is 4.99 Å². The van der Waals surface area contributed by atoms with Gasteiger partial charge >= 0.3 is 0 Å². The third kappa shape index (κ3) is 3.42. The van der Waals surface area contributed by atoms with Crippen LogP contribution in [0.5, 0.6) is 5.75 Å². The molecule has 1 heterocycles. The van der Waals surface area contributed by atoms with E-state index < -0.39 is 0 Å². The number of nitrogens with zero attached hydrogens (tertiary/aromatic N) is 1. The largest absolute Gasteiger partial charge is 0.481 e. The Bertz CT molecular complexity index is 459. The molecule has 0 amide bonds. The van der Waals surface area contributed by atoms with Crippen LogP contribution < -0.4 is 15.4 Å². The van der Waals surface area contributed by atoms with Crippen molar-refractivity contribution < 1.29 is 4.74 Å². The van der Waals surface area contributed by atoms with E-state index in [9.17, 15) is 0 Å². The van der Waals surface area contributed by atoms with Gasteiger partial charge in [-0.1, -0.05) is 18.1 Å². The molecule has 1 aliphatic rings. The molecule has 0 fully saturated rings. The highest BCUT2D eigenvalue weighted by Gasteiger charge is 2.11. The van der Waals surface area contributed by atoms with E-state index in [4.69, 9.17) is 11.2 Å². The SMILES string of the molecule is C#CCOc1ccc(CNC2=NCC(C)N2)cc1. The van der Waals surface area contributed by atoms with Crippen LogP contribution in [0.4, 0.5) is 0 Å². The van der Waals surface area contributed by atoms with Gasteiger partial charge in [-0.15, -0.1) is 6.42 Å². The van der Waals surface area contributed by atoms with Crippen LogP contribution in [-0.4, -0.2) is 25.2 Å². The Morgan fingerprint density at radius 2 is 2.28 bits per heavy atom. The summed E-state index contributed by atoms with van der Waals surface area (Å²) in [5.41, 5.74) is 1.17. The second-order valence-electron chi connectivity index (χ2n) is 4.22. The zero-order valence-electron chi connectivity index (χ0n) is 10.4. The fraction of sp³-hybridized carbons (Fsp3) is 0.357. The summed E-state index contributed by atoms with van der Waals surface area (Å²) >= 11 is 0. The molecule has 2 rings (SSSR count). The van der Waals surface area contributed by atoms with Gasteiger partial charge in [-0.2, -0.15) is 0 Å². The molecule has 0 radical (unpaired) electrons. The molecule has 0 saturated heterocycles. The Morgan fingerprint density at radius 3 is 2.89 bits per heavy atom. The highest BCUT2D eigenvalue weighted by atomic mass is 16.5.